The Labute approximate surface area is 122 Å². The Morgan fingerprint density at radius 3 is 2.56 bits per heavy atom. The van der Waals surface area contributed by atoms with Gasteiger partial charge < -0.3 is 0 Å². The van der Waals surface area contributed by atoms with Crippen LogP contribution >= 0.6 is 34.5 Å². The largest absolute Gasteiger partial charge is 0.242 e. The fraction of sp³-hybridized carbons (Fsp3) is 0.636. The third kappa shape index (κ3) is 3.61. The molecule has 1 aromatic heterocycles. The first-order chi connectivity index (χ1) is 8.49. The molecule has 7 heteroatoms. The number of nitrogens with one attached hydrogen (secondary N) is 1. The second-order valence-corrected chi connectivity index (χ2v) is 8.55. The highest BCUT2D eigenvalue weighted by atomic mass is 35.5. The summed E-state index contributed by atoms with van der Waals surface area (Å²) >= 11 is 12.7. The summed E-state index contributed by atoms with van der Waals surface area (Å²) < 4.78 is 27.2. The van der Waals surface area contributed by atoms with E-state index in [2.05, 4.69) is 4.72 Å². The van der Waals surface area contributed by atoms with E-state index < -0.39 is 10.0 Å². The van der Waals surface area contributed by atoms with Gasteiger partial charge in [-0.25, -0.2) is 13.1 Å². The number of hydrogen-bond acceptors (Lipinski definition) is 3. The van der Waals surface area contributed by atoms with Gasteiger partial charge in [-0.2, -0.15) is 0 Å². The summed E-state index contributed by atoms with van der Waals surface area (Å²) in [5.74, 6) is 0.661. The molecule has 0 amide bonds. The van der Waals surface area contributed by atoms with Gasteiger partial charge in [-0.15, -0.1) is 11.3 Å². The van der Waals surface area contributed by atoms with Gasteiger partial charge in [-0.3, -0.25) is 0 Å². The van der Waals surface area contributed by atoms with Crippen LogP contribution in [0.3, 0.4) is 0 Å². The molecule has 1 aromatic rings. The Bertz CT molecular complexity index is 507. The van der Waals surface area contributed by atoms with Crippen molar-refractivity contribution in [2.75, 3.05) is 6.54 Å². The minimum Gasteiger partial charge on any atom is -0.211 e. The van der Waals surface area contributed by atoms with Gasteiger partial charge >= 0.3 is 0 Å². The Balaban J connectivity index is 1.93. The lowest BCUT2D eigenvalue weighted by Crippen LogP contribution is -2.25. The Hall–Kier alpha value is 0.190. The molecule has 2 rings (SSSR count). The molecule has 102 valence electrons. The smallest absolute Gasteiger partial charge is 0.211 e. The highest BCUT2D eigenvalue weighted by Crippen LogP contribution is 2.34. The van der Waals surface area contributed by atoms with E-state index in [0.29, 0.717) is 16.8 Å². The van der Waals surface area contributed by atoms with Crippen molar-refractivity contribution in [2.45, 2.75) is 37.0 Å². The van der Waals surface area contributed by atoms with Crippen molar-refractivity contribution in [3.8, 4) is 0 Å². The van der Waals surface area contributed by atoms with Gasteiger partial charge in [-0.1, -0.05) is 48.9 Å². The number of halogens is 2. The summed E-state index contributed by atoms with van der Waals surface area (Å²) in [6.45, 7) is 0.469. The van der Waals surface area contributed by atoms with E-state index in [1.54, 1.807) is 0 Å². The van der Waals surface area contributed by atoms with Crippen LogP contribution in [0, 0.1) is 5.92 Å². The molecule has 1 heterocycles. The lowest BCUT2D eigenvalue weighted by molar-refractivity contribution is 0.496. The van der Waals surface area contributed by atoms with Crippen molar-refractivity contribution in [2.24, 2.45) is 5.92 Å². The van der Waals surface area contributed by atoms with Crippen molar-refractivity contribution >= 4 is 44.6 Å². The summed E-state index contributed by atoms with van der Waals surface area (Å²) in [6.07, 6.45) is 5.86. The highest BCUT2D eigenvalue weighted by molar-refractivity contribution is 7.89. The van der Waals surface area contributed by atoms with Crippen molar-refractivity contribution in [1.29, 1.82) is 0 Å². The van der Waals surface area contributed by atoms with Gasteiger partial charge in [0.25, 0.3) is 0 Å². The Morgan fingerprint density at radius 2 is 2.00 bits per heavy atom. The van der Waals surface area contributed by atoms with Gasteiger partial charge in [0.15, 0.2) is 0 Å². The molecule has 1 aliphatic rings. The molecule has 18 heavy (non-hydrogen) atoms. The van der Waals surface area contributed by atoms with Crippen molar-refractivity contribution in [3.63, 3.8) is 0 Å². The summed E-state index contributed by atoms with van der Waals surface area (Å²) in [6, 6.07) is 1.40. The third-order valence-corrected chi connectivity index (χ3v) is 6.45. The normalized spacial score (nSPS) is 17.4. The molecular formula is C11H15Cl2NO2S2. The van der Waals surface area contributed by atoms with E-state index in [4.69, 9.17) is 23.2 Å². The van der Waals surface area contributed by atoms with Crippen LogP contribution in [0.15, 0.2) is 11.0 Å². The lowest BCUT2D eigenvalue weighted by Gasteiger charge is -2.09. The van der Waals surface area contributed by atoms with Crippen LogP contribution in [0.1, 0.15) is 32.1 Å². The van der Waals surface area contributed by atoms with Crippen LogP contribution < -0.4 is 4.72 Å². The van der Waals surface area contributed by atoms with E-state index in [1.807, 2.05) is 0 Å². The average molecular weight is 328 g/mol. The monoisotopic (exact) mass is 327 g/mol. The summed E-state index contributed by atoms with van der Waals surface area (Å²) in [4.78, 5) is 0.0885. The SMILES string of the molecule is O=S(=O)(NCCC1CCCC1)c1cc(Cl)sc1Cl. The Kier molecular flexibility index (Phi) is 4.94. The lowest BCUT2D eigenvalue weighted by atomic mass is 10.1. The fourth-order valence-electron chi connectivity index (χ4n) is 2.28. The van der Waals surface area contributed by atoms with E-state index in [1.165, 1.54) is 31.7 Å². The number of sulfonamides is 1. The molecule has 0 spiro atoms. The van der Waals surface area contributed by atoms with Gasteiger partial charge in [0.2, 0.25) is 10.0 Å². The minimum absolute atomic E-state index is 0.0885. The molecule has 0 aliphatic heterocycles. The average Bonchev–Trinajstić information content (AvgIpc) is 2.88. The number of thiophene rings is 1. The molecule has 0 saturated heterocycles. The summed E-state index contributed by atoms with van der Waals surface area (Å²) in [5.41, 5.74) is 0. The second-order valence-electron chi connectivity index (χ2n) is 4.53. The standard InChI is InChI=1S/C11H15Cl2NO2S2/c12-10-7-9(11(13)17-10)18(15,16)14-6-5-8-3-1-2-4-8/h7-8,14H,1-6H2. The van der Waals surface area contributed by atoms with Gasteiger partial charge in [0.1, 0.15) is 9.23 Å². The molecule has 0 atom stereocenters. The minimum atomic E-state index is -3.52. The first-order valence-electron chi connectivity index (χ1n) is 5.93. The van der Waals surface area contributed by atoms with E-state index in [-0.39, 0.29) is 9.23 Å². The molecule has 1 saturated carbocycles. The molecule has 1 fully saturated rings. The first-order valence-corrected chi connectivity index (χ1v) is 8.99. The van der Waals surface area contributed by atoms with Crippen LogP contribution in [-0.4, -0.2) is 15.0 Å². The molecule has 1 aliphatic carbocycles. The number of hydrogen-bond donors (Lipinski definition) is 1. The first kappa shape index (κ1) is 14.6. The van der Waals surface area contributed by atoms with Crippen LogP contribution in [0.2, 0.25) is 8.67 Å². The fourth-order valence-corrected chi connectivity index (χ4v) is 5.48. The zero-order valence-corrected chi connectivity index (χ0v) is 12.9. The van der Waals surface area contributed by atoms with Crippen LogP contribution in [-0.2, 0) is 10.0 Å². The zero-order chi connectivity index (χ0) is 13.2. The maximum atomic E-state index is 12.0. The summed E-state index contributed by atoms with van der Waals surface area (Å²) in [5, 5.41) is 0. The topological polar surface area (TPSA) is 46.2 Å². The molecule has 1 N–H and O–H groups in total. The summed E-state index contributed by atoms with van der Waals surface area (Å²) in [7, 11) is -3.52. The van der Waals surface area contributed by atoms with E-state index >= 15 is 0 Å². The maximum absolute atomic E-state index is 12.0. The van der Waals surface area contributed by atoms with Crippen molar-refractivity contribution < 1.29 is 8.42 Å². The highest BCUT2D eigenvalue weighted by Gasteiger charge is 2.21. The molecule has 3 nitrogen and oxygen atoms in total. The molecular weight excluding hydrogens is 313 g/mol. The Morgan fingerprint density at radius 1 is 1.33 bits per heavy atom. The van der Waals surface area contributed by atoms with E-state index in [0.717, 1.165) is 17.8 Å². The van der Waals surface area contributed by atoms with Crippen LogP contribution in [0.4, 0.5) is 0 Å². The van der Waals surface area contributed by atoms with E-state index in [9.17, 15) is 8.42 Å². The molecule has 0 radical (unpaired) electrons. The van der Waals surface area contributed by atoms with Crippen LogP contribution in [0.25, 0.3) is 0 Å². The molecule has 0 aromatic carbocycles. The predicted molar refractivity (Wildman–Crippen MR) is 76.1 cm³/mol. The predicted octanol–water partition coefficient (Wildman–Crippen LogP) is 3.91. The number of rotatable bonds is 5. The molecule has 0 bridgehead atoms. The van der Waals surface area contributed by atoms with Gasteiger partial charge in [0, 0.05) is 6.54 Å². The molecule has 0 unspecified atom stereocenters. The van der Waals surface area contributed by atoms with Gasteiger partial charge in [0.05, 0.1) is 4.34 Å². The van der Waals surface area contributed by atoms with Gasteiger partial charge in [-0.05, 0) is 18.4 Å². The van der Waals surface area contributed by atoms with Crippen molar-refractivity contribution in [1.82, 2.24) is 4.72 Å². The third-order valence-electron chi connectivity index (χ3n) is 3.23. The van der Waals surface area contributed by atoms with Crippen LogP contribution in [0.5, 0.6) is 0 Å². The van der Waals surface area contributed by atoms with Crippen molar-refractivity contribution in [3.05, 3.63) is 14.7 Å². The second kappa shape index (κ2) is 6.09. The maximum Gasteiger partial charge on any atom is 0.242 e. The quantitative estimate of drug-likeness (QED) is 0.891. The zero-order valence-electron chi connectivity index (χ0n) is 9.79.